The zero-order valence-corrected chi connectivity index (χ0v) is 15.3. The van der Waals surface area contributed by atoms with E-state index in [1.54, 1.807) is 0 Å². The summed E-state index contributed by atoms with van der Waals surface area (Å²) in [6.45, 7) is 6.20. The third-order valence-corrected chi connectivity index (χ3v) is 5.01. The molecule has 0 bridgehead atoms. The minimum absolute atomic E-state index is 0.310. The van der Waals surface area contributed by atoms with Crippen molar-refractivity contribution in [1.29, 1.82) is 0 Å². The molecular formula is C20H24N4O2. The number of ether oxygens (including phenoxy) is 1. The molecule has 1 aromatic carbocycles. The first kappa shape index (κ1) is 17.0. The molecule has 0 N–H and O–H groups in total. The van der Waals surface area contributed by atoms with E-state index >= 15 is 0 Å². The van der Waals surface area contributed by atoms with Crippen LogP contribution in [0.4, 0.5) is 0 Å². The molecule has 1 fully saturated rings. The van der Waals surface area contributed by atoms with Crippen LogP contribution in [0.1, 0.15) is 46.6 Å². The lowest BCUT2D eigenvalue weighted by molar-refractivity contribution is 0.193. The summed E-state index contributed by atoms with van der Waals surface area (Å²) in [7, 11) is 0. The van der Waals surface area contributed by atoms with Gasteiger partial charge < -0.3 is 9.26 Å². The van der Waals surface area contributed by atoms with Gasteiger partial charge in [0.05, 0.1) is 18.8 Å². The number of aryl methyl sites for hydroxylation is 3. The minimum atomic E-state index is 0.310. The molecule has 6 nitrogen and oxygen atoms in total. The van der Waals surface area contributed by atoms with Crippen molar-refractivity contribution in [2.45, 2.75) is 45.6 Å². The summed E-state index contributed by atoms with van der Waals surface area (Å²) in [4.78, 5) is 4.87. The average molecular weight is 352 g/mol. The van der Waals surface area contributed by atoms with Crippen molar-refractivity contribution in [3.8, 4) is 0 Å². The molecule has 136 valence electrons. The quantitative estimate of drug-likeness (QED) is 0.681. The number of aromatic nitrogens is 4. The van der Waals surface area contributed by atoms with E-state index in [1.165, 1.54) is 11.1 Å². The molecule has 3 aromatic rings. The van der Waals surface area contributed by atoms with Gasteiger partial charge >= 0.3 is 0 Å². The van der Waals surface area contributed by atoms with E-state index in [-0.39, 0.29) is 0 Å². The van der Waals surface area contributed by atoms with E-state index in [4.69, 9.17) is 19.3 Å². The Morgan fingerprint density at radius 2 is 2.00 bits per heavy atom. The number of nitrogens with zero attached hydrogens (tertiary/aromatic N) is 4. The Morgan fingerprint density at radius 1 is 1.15 bits per heavy atom. The van der Waals surface area contributed by atoms with Gasteiger partial charge in [-0.05, 0) is 32.3 Å². The lowest BCUT2D eigenvalue weighted by Crippen LogP contribution is -2.09. The predicted octanol–water partition coefficient (Wildman–Crippen LogP) is 3.22. The Bertz CT molecular complexity index is 844. The smallest absolute Gasteiger partial charge is 0.156 e. The monoisotopic (exact) mass is 352 g/mol. The van der Waals surface area contributed by atoms with Crippen LogP contribution in [0, 0.1) is 13.8 Å². The van der Waals surface area contributed by atoms with E-state index in [9.17, 15) is 0 Å². The van der Waals surface area contributed by atoms with Gasteiger partial charge in [0.15, 0.2) is 5.82 Å². The zero-order valence-electron chi connectivity index (χ0n) is 15.3. The fourth-order valence-corrected chi connectivity index (χ4v) is 3.47. The Morgan fingerprint density at radius 3 is 2.69 bits per heavy atom. The summed E-state index contributed by atoms with van der Waals surface area (Å²) in [5.74, 6) is 3.12. The SMILES string of the molecule is Cc1noc(C)c1CCc1nc([C@@H]2CCOC2)nn1Cc1ccccc1. The molecular weight excluding hydrogens is 328 g/mol. The molecule has 1 atom stereocenters. The van der Waals surface area contributed by atoms with Crippen LogP contribution >= 0.6 is 0 Å². The summed E-state index contributed by atoms with van der Waals surface area (Å²) in [5.41, 5.74) is 3.36. The Kier molecular flexibility index (Phi) is 4.84. The van der Waals surface area contributed by atoms with Gasteiger partial charge in [-0.1, -0.05) is 35.5 Å². The van der Waals surface area contributed by atoms with Crippen molar-refractivity contribution in [3.63, 3.8) is 0 Å². The van der Waals surface area contributed by atoms with E-state index in [0.29, 0.717) is 5.92 Å². The van der Waals surface area contributed by atoms with Gasteiger partial charge in [0.25, 0.3) is 0 Å². The molecule has 4 rings (SSSR count). The molecule has 2 aromatic heterocycles. The van der Waals surface area contributed by atoms with E-state index in [2.05, 4.69) is 29.4 Å². The summed E-state index contributed by atoms with van der Waals surface area (Å²) < 4.78 is 12.8. The van der Waals surface area contributed by atoms with Crippen LogP contribution in [0.5, 0.6) is 0 Å². The maximum atomic E-state index is 5.52. The van der Waals surface area contributed by atoms with Gasteiger partial charge in [-0.25, -0.2) is 9.67 Å². The van der Waals surface area contributed by atoms with Crippen molar-refractivity contribution in [3.05, 3.63) is 64.6 Å². The van der Waals surface area contributed by atoms with Crippen molar-refractivity contribution >= 4 is 0 Å². The maximum absolute atomic E-state index is 5.52. The highest BCUT2D eigenvalue weighted by molar-refractivity contribution is 5.22. The molecule has 6 heteroatoms. The third-order valence-electron chi connectivity index (χ3n) is 5.01. The topological polar surface area (TPSA) is 66.0 Å². The summed E-state index contributed by atoms with van der Waals surface area (Å²) in [5, 5.41) is 8.87. The molecule has 0 aliphatic carbocycles. The highest BCUT2D eigenvalue weighted by Crippen LogP contribution is 2.23. The van der Waals surface area contributed by atoms with Crippen LogP contribution in [0.2, 0.25) is 0 Å². The number of hydrogen-bond acceptors (Lipinski definition) is 5. The van der Waals surface area contributed by atoms with Gasteiger partial charge in [0.1, 0.15) is 11.6 Å². The molecule has 1 aliphatic heterocycles. The van der Waals surface area contributed by atoms with Crippen molar-refractivity contribution in [1.82, 2.24) is 19.9 Å². The summed E-state index contributed by atoms with van der Waals surface area (Å²) >= 11 is 0. The van der Waals surface area contributed by atoms with E-state index in [1.807, 2.05) is 24.6 Å². The Balaban J connectivity index is 1.58. The fraction of sp³-hybridized carbons (Fsp3) is 0.450. The second kappa shape index (κ2) is 7.41. The molecule has 3 heterocycles. The fourth-order valence-electron chi connectivity index (χ4n) is 3.47. The minimum Gasteiger partial charge on any atom is -0.381 e. The van der Waals surface area contributed by atoms with Crippen molar-refractivity contribution < 1.29 is 9.26 Å². The van der Waals surface area contributed by atoms with Gasteiger partial charge in [-0.2, -0.15) is 5.10 Å². The molecule has 0 radical (unpaired) electrons. The van der Waals surface area contributed by atoms with Crippen LogP contribution in [0.3, 0.4) is 0 Å². The van der Waals surface area contributed by atoms with Gasteiger partial charge in [-0.15, -0.1) is 0 Å². The number of rotatable bonds is 6. The highest BCUT2D eigenvalue weighted by Gasteiger charge is 2.24. The second-order valence-corrected chi connectivity index (χ2v) is 6.89. The van der Waals surface area contributed by atoms with E-state index < -0.39 is 0 Å². The first-order valence-electron chi connectivity index (χ1n) is 9.17. The normalized spacial score (nSPS) is 17.1. The third kappa shape index (κ3) is 3.55. The second-order valence-electron chi connectivity index (χ2n) is 6.89. The zero-order chi connectivity index (χ0) is 17.9. The molecule has 1 aliphatic rings. The predicted molar refractivity (Wildman–Crippen MR) is 97.1 cm³/mol. The number of benzene rings is 1. The van der Waals surface area contributed by atoms with E-state index in [0.717, 1.165) is 62.1 Å². The largest absolute Gasteiger partial charge is 0.381 e. The summed E-state index contributed by atoms with van der Waals surface area (Å²) in [6, 6.07) is 10.4. The van der Waals surface area contributed by atoms with Crippen LogP contribution in [0.25, 0.3) is 0 Å². The van der Waals surface area contributed by atoms with Crippen LogP contribution in [0.15, 0.2) is 34.9 Å². The van der Waals surface area contributed by atoms with Crippen molar-refractivity contribution in [2.24, 2.45) is 0 Å². The van der Waals surface area contributed by atoms with Crippen LogP contribution < -0.4 is 0 Å². The van der Waals surface area contributed by atoms with Gasteiger partial charge in [0.2, 0.25) is 0 Å². The first-order chi connectivity index (χ1) is 12.7. The average Bonchev–Trinajstić information content (AvgIpc) is 3.37. The molecule has 0 amide bonds. The standard InChI is InChI=1S/C20H24N4O2/c1-14-18(15(2)26-23-14)8-9-19-21-20(17-10-11-25-13-17)22-24(19)12-16-6-4-3-5-7-16/h3-7,17H,8-13H2,1-2H3/t17-/m1/s1. The van der Waals surface area contributed by atoms with Crippen LogP contribution in [-0.4, -0.2) is 33.1 Å². The Labute approximate surface area is 153 Å². The molecule has 0 unspecified atom stereocenters. The number of hydrogen-bond donors (Lipinski definition) is 0. The lowest BCUT2D eigenvalue weighted by Gasteiger charge is -2.06. The first-order valence-corrected chi connectivity index (χ1v) is 9.17. The van der Waals surface area contributed by atoms with Crippen molar-refractivity contribution in [2.75, 3.05) is 13.2 Å². The maximum Gasteiger partial charge on any atom is 0.156 e. The Hall–Kier alpha value is -2.47. The van der Waals surface area contributed by atoms with Gasteiger partial charge in [-0.3, -0.25) is 0 Å². The molecule has 0 saturated carbocycles. The lowest BCUT2D eigenvalue weighted by atomic mass is 10.1. The van der Waals surface area contributed by atoms with Crippen LogP contribution in [-0.2, 0) is 24.1 Å². The summed E-state index contributed by atoms with van der Waals surface area (Å²) in [6.07, 6.45) is 2.67. The van der Waals surface area contributed by atoms with Gasteiger partial charge in [0, 0.05) is 24.5 Å². The molecule has 1 saturated heterocycles. The molecule has 26 heavy (non-hydrogen) atoms. The highest BCUT2D eigenvalue weighted by atomic mass is 16.5. The molecule has 0 spiro atoms.